The number of carbonyl (C=O) groups is 1. The van der Waals surface area contributed by atoms with E-state index < -0.39 is 16.1 Å². The van der Waals surface area contributed by atoms with Crippen molar-refractivity contribution >= 4 is 27.5 Å². The predicted octanol–water partition coefficient (Wildman–Crippen LogP) is 1.08. The molecular weight excluding hydrogens is 342 g/mol. The van der Waals surface area contributed by atoms with Crippen molar-refractivity contribution in [2.75, 3.05) is 10.8 Å². The topological polar surface area (TPSA) is 96.7 Å². The fraction of sp³-hybridized carbons (Fsp3) is 0.188. The minimum absolute atomic E-state index is 0.159. The highest BCUT2D eigenvalue weighted by molar-refractivity contribution is 7.91. The summed E-state index contributed by atoms with van der Waals surface area (Å²) in [7, 11) is -4.00. The van der Waals surface area contributed by atoms with Crippen molar-refractivity contribution in [3.8, 4) is 0 Å². The molecule has 0 saturated carbocycles. The summed E-state index contributed by atoms with van der Waals surface area (Å²) in [6, 6.07) is 8.95. The van der Waals surface area contributed by atoms with E-state index in [4.69, 9.17) is 0 Å². The molecule has 0 saturated heterocycles. The van der Waals surface area contributed by atoms with Gasteiger partial charge < -0.3 is 0 Å². The first-order valence-electron chi connectivity index (χ1n) is 7.69. The number of anilines is 1. The molecule has 0 bridgehead atoms. The van der Waals surface area contributed by atoms with Gasteiger partial charge in [-0.05, 0) is 25.0 Å². The lowest BCUT2D eigenvalue weighted by molar-refractivity contribution is 0.0979. The van der Waals surface area contributed by atoms with Gasteiger partial charge in [0.05, 0.1) is 23.1 Å². The molecule has 8 nitrogen and oxygen atoms in total. The second-order valence-corrected chi connectivity index (χ2v) is 7.34. The van der Waals surface area contributed by atoms with Crippen LogP contribution in [0.1, 0.15) is 21.6 Å². The standard InChI is InChI=1S/C16H15N5O3S/c1-11-13(10-17-15-6-8-18-21(11)15)16(22)19-25(23,24)20-9-7-12-4-2-3-5-14(12)20/h2-6,8,10H,7,9H2,1H3,(H,19,22). The van der Waals surface area contributed by atoms with Gasteiger partial charge in [0.15, 0.2) is 5.65 Å². The Morgan fingerprint density at radius 2 is 2.04 bits per heavy atom. The van der Waals surface area contributed by atoms with Crippen molar-refractivity contribution in [3.05, 3.63) is 59.5 Å². The lowest BCUT2D eigenvalue weighted by Crippen LogP contribution is -2.43. The largest absolute Gasteiger partial charge is 0.326 e. The van der Waals surface area contributed by atoms with Crippen LogP contribution < -0.4 is 9.03 Å². The number of hydrogen-bond donors (Lipinski definition) is 1. The van der Waals surface area contributed by atoms with Gasteiger partial charge >= 0.3 is 10.2 Å². The molecule has 1 aromatic carbocycles. The van der Waals surface area contributed by atoms with Crippen LogP contribution in [0.25, 0.3) is 5.65 Å². The van der Waals surface area contributed by atoms with Crippen LogP contribution in [0, 0.1) is 6.92 Å². The van der Waals surface area contributed by atoms with E-state index in [0.29, 0.717) is 30.0 Å². The Kier molecular flexibility index (Phi) is 3.46. The maximum atomic E-state index is 12.7. The fourth-order valence-electron chi connectivity index (χ4n) is 3.00. The number of amides is 1. The van der Waals surface area contributed by atoms with Crippen LogP contribution in [0.4, 0.5) is 5.69 Å². The van der Waals surface area contributed by atoms with Crippen LogP contribution in [0.3, 0.4) is 0 Å². The highest BCUT2D eigenvalue weighted by Crippen LogP contribution is 2.29. The number of carbonyl (C=O) groups excluding carboxylic acids is 1. The van der Waals surface area contributed by atoms with E-state index in [9.17, 15) is 13.2 Å². The van der Waals surface area contributed by atoms with Gasteiger partial charge in [0, 0.05) is 18.8 Å². The first-order valence-corrected chi connectivity index (χ1v) is 9.13. The lowest BCUT2D eigenvalue weighted by Gasteiger charge is -2.20. The lowest BCUT2D eigenvalue weighted by atomic mass is 10.2. The van der Waals surface area contributed by atoms with E-state index in [2.05, 4.69) is 14.8 Å². The fourth-order valence-corrected chi connectivity index (χ4v) is 4.22. The summed E-state index contributed by atoms with van der Waals surface area (Å²) in [6.45, 7) is 1.99. The molecule has 0 aliphatic carbocycles. The first-order chi connectivity index (χ1) is 12.0. The van der Waals surface area contributed by atoms with Crippen LogP contribution >= 0.6 is 0 Å². The molecule has 1 aliphatic heterocycles. The summed E-state index contributed by atoms with van der Waals surface area (Å²) in [5.41, 5.74) is 2.80. The van der Waals surface area contributed by atoms with Gasteiger partial charge in [-0.1, -0.05) is 18.2 Å². The normalized spacial score (nSPS) is 13.9. The molecule has 0 fully saturated rings. The Hall–Kier alpha value is -2.94. The van der Waals surface area contributed by atoms with Gasteiger partial charge in [-0.25, -0.2) is 14.2 Å². The number of rotatable bonds is 3. The monoisotopic (exact) mass is 357 g/mol. The SMILES string of the molecule is Cc1c(C(=O)NS(=O)(=O)N2CCc3ccccc32)cnc2ccnn12. The molecule has 0 unspecified atom stereocenters. The summed E-state index contributed by atoms with van der Waals surface area (Å²) in [5, 5.41) is 4.08. The molecule has 1 amide bonds. The highest BCUT2D eigenvalue weighted by Gasteiger charge is 2.31. The first kappa shape index (κ1) is 15.6. The molecule has 1 aliphatic rings. The Bertz CT molecular complexity index is 1090. The van der Waals surface area contributed by atoms with E-state index >= 15 is 0 Å². The molecule has 0 spiro atoms. The third-order valence-corrected chi connectivity index (χ3v) is 5.66. The molecule has 0 radical (unpaired) electrons. The quantitative estimate of drug-likeness (QED) is 0.756. The van der Waals surface area contributed by atoms with Crippen LogP contribution in [-0.2, 0) is 16.6 Å². The summed E-state index contributed by atoms with van der Waals surface area (Å²) in [6.07, 6.45) is 3.54. The van der Waals surface area contributed by atoms with Crippen LogP contribution in [-0.4, -0.2) is 35.5 Å². The third kappa shape index (κ3) is 2.52. The summed E-state index contributed by atoms with van der Waals surface area (Å²) < 4.78 is 30.2. The van der Waals surface area contributed by atoms with Gasteiger partial charge in [-0.15, -0.1) is 0 Å². The van der Waals surface area contributed by atoms with E-state index in [-0.39, 0.29) is 5.56 Å². The predicted molar refractivity (Wildman–Crippen MR) is 91.6 cm³/mol. The Morgan fingerprint density at radius 3 is 2.88 bits per heavy atom. The van der Waals surface area contributed by atoms with Crippen molar-refractivity contribution in [2.45, 2.75) is 13.3 Å². The number of hydrogen-bond acceptors (Lipinski definition) is 5. The van der Waals surface area contributed by atoms with E-state index in [1.165, 1.54) is 15.0 Å². The molecular formula is C16H15N5O3S. The smallest absolute Gasteiger partial charge is 0.268 e. The van der Waals surface area contributed by atoms with Crippen molar-refractivity contribution in [1.82, 2.24) is 19.3 Å². The summed E-state index contributed by atoms with van der Waals surface area (Å²) in [4.78, 5) is 16.6. The average Bonchev–Trinajstić information content (AvgIpc) is 3.22. The highest BCUT2D eigenvalue weighted by atomic mass is 32.2. The van der Waals surface area contributed by atoms with Gasteiger partial charge in [0.2, 0.25) is 0 Å². The summed E-state index contributed by atoms with van der Waals surface area (Å²) in [5.74, 6) is -0.730. The molecule has 9 heteroatoms. The van der Waals surface area contributed by atoms with Gasteiger partial charge in [-0.2, -0.15) is 13.5 Å². The molecule has 128 valence electrons. The number of fused-ring (bicyclic) bond motifs is 2. The Morgan fingerprint density at radius 1 is 1.24 bits per heavy atom. The van der Waals surface area contributed by atoms with Crippen molar-refractivity contribution < 1.29 is 13.2 Å². The maximum Gasteiger partial charge on any atom is 0.326 e. The number of benzene rings is 1. The van der Waals surface area contributed by atoms with Gasteiger partial charge in [0.1, 0.15) is 0 Å². The number of nitrogens with one attached hydrogen (secondary N) is 1. The Labute approximate surface area is 144 Å². The second kappa shape index (κ2) is 5.55. The van der Waals surface area contributed by atoms with Crippen molar-refractivity contribution in [3.63, 3.8) is 0 Å². The molecule has 4 rings (SSSR count). The van der Waals surface area contributed by atoms with E-state index in [0.717, 1.165) is 5.56 Å². The number of nitrogens with zero attached hydrogens (tertiary/aromatic N) is 4. The van der Waals surface area contributed by atoms with Gasteiger partial charge in [-0.3, -0.25) is 9.10 Å². The van der Waals surface area contributed by atoms with Crippen molar-refractivity contribution in [2.24, 2.45) is 0 Å². The zero-order chi connectivity index (χ0) is 17.6. The molecule has 25 heavy (non-hydrogen) atoms. The molecule has 0 atom stereocenters. The molecule has 3 aromatic rings. The van der Waals surface area contributed by atoms with Crippen LogP contribution in [0.2, 0.25) is 0 Å². The zero-order valence-electron chi connectivity index (χ0n) is 13.4. The third-order valence-electron chi connectivity index (χ3n) is 4.26. The van der Waals surface area contributed by atoms with Crippen LogP contribution in [0.15, 0.2) is 42.7 Å². The average molecular weight is 357 g/mol. The minimum atomic E-state index is -4.00. The zero-order valence-corrected chi connectivity index (χ0v) is 14.2. The molecule has 3 heterocycles. The summed E-state index contributed by atoms with van der Waals surface area (Å²) >= 11 is 0. The van der Waals surface area contributed by atoms with E-state index in [1.54, 1.807) is 31.3 Å². The second-order valence-electron chi connectivity index (χ2n) is 5.75. The maximum absolute atomic E-state index is 12.7. The van der Waals surface area contributed by atoms with Crippen LogP contribution in [0.5, 0.6) is 0 Å². The molecule has 2 aromatic heterocycles. The van der Waals surface area contributed by atoms with E-state index in [1.807, 2.05) is 12.1 Å². The minimum Gasteiger partial charge on any atom is -0.268 e. The number of para-hydroxylation sites is 1. The van der Waals surface area contributed by atoms with Crippen molar-refractivity contribution in [1.29, 1.82) is 0 Å². The molecule has 1 N–H and O–H groups in total. The number of aryl methyl sites for hydroxylation is 1. The van der Waals surface area contributed by atoms with Gasteiger partial charge in [0.25, 0.3) is 5.91 Å². The Balaban J connectivity index is 1.65. The number of aromatic nitrogens is 3.